The zero-order valence-electron chi connectivity index (χ0n) is 13.6. The molecule has 0 radical (unpaired) electrons. The lowest BCUT2D eigenvalue weighted by Gasteiger charge is -2.23. The van der Waals surface area contributed by atoms with Gasteiger partial charge in [0, 0.05) is 23.1 Å². The summed E-state index contributed by atoms with van der Waals surface area (Å²) < 4.78 is 0. The van der Waals surface area contributed by atoms with Gasteiger partial charge in [0.25, 0.3) is 0 Å². The Morgan fingerprint density at radius 3 is 2.46 bits per heavy atom. The molecule has 0 aromatic heterocycles. The Labute approximate surface area is 140 Å². The van der Waals surface area contributed by atoms with Crippen LogP contribution in [0.25, 0.3) is 0 Å². The molecule has 2 aromatic rings. The lowest BCUT2D eigenvalue weighted by Crippen LogP contribution is -2.22. The van der Waals surface area contributed by atoms with Crippen LogP contribution < -0.4 is 0 Å². The van der Waals surface area contributed by atoms with E-state index in [4.69, 9.17) is 0 Å². The van der Waals surface area contributed by atoms with Gasteiger partial charge in [-0.05, 0) is 29.5 Å². The summed E-state index contributed by atoms with van der Waals surface area (Å²) in [6.45, 7) is 3.96. The number of carbonyl (C=O) groups is 3. The van der Waals surface area contributed by atoms with Gasteiger partial charge in [-0.15, -0.1) is 0 Å². The smallest absolute Gasteiger partial charge is 0.198 e. The number of carbonyl (C=O) groups excluding carboxylic acids is 3. The second kappa shape index (κ2) is 5.71. The van der Waals surface area contributed by atoms with E-state index in [2.05, 4.69) is 0 Å². The zero-order chi connectivity index (χ0) is 17.5. The van der Waals surface area contributed by atoms with Gasteiger partial charge in [0.1, 0.15) is 12.0 Å². The maximum atomic E-state index is 12.7. The summed E-state index contributed by atoms with van der Waals surface area (Å²) in [5.41, 5.74) is 1.64. The molecule has 0 atom stereocenters. The molecule has 0 heterocycles. The van der Waals surface area contributed by atoms with Gasteiger partial charge in [0.05, 0.1) is 5.56 Å². The number of rotatable bonds is 4. The van der Waals surface area contributed by atoms with E-state index in [1.807, 2.05) is 19.9 Å². The third-order valence-electron chi connectivity index (χ3n) is 4.41. The molecule has 1 N–H and O–H groups in total. The number of aldehydes is 1. The maximum Gasteiger partial charge on any atom is 0.198 e. The number of ketones is 2. The Morgan fingerprint density at radius 1 is 1.00 bits per heavy atom. The SMILES string of the molecule is CC(C)(CC=O)Cc1ccc2c(c1)C(=O)c1c(O)cccc1C2=O. The minimum atomic E-state index is -0.340. The normalized spacial score (nSPS) is 13.4. The number of phenolic OH excluding ortho intramolecular Hbond substituents is 1. The van der Waals surface area contributed by atoms with Crippen molar-refractivity contribution in [2.24, 2.45) is 5.41 Å². The van der Waals surface area contributed by atoms with Crippen LogP contribution in [0.1, 0.15) is 57.7 Å². The van der Waals surface area contributed by atoms with Crippen molar-refractivity contribution in [1.29, 1.82) is 0 Å². The lowest BCUT2D eigenvalue weighted by molar-refractivity contribution is -0.109. The quantitative estimate of drug-likeness (QED) is 0.748. The molecule has 0 unspecified atom stereocenters. The van der Waals surface area contributed by atoms with E-state index < -0.39 is 0 Å². The highest BCUT2D eigenvalue weighted by molar-refractivity contribution is 6.29. The van der Waals surface area contributed by atoms with Crippen molar-refractivity contribution in [2.75, 3.05) is 0 Å². The number of hydrogen-bond donors (Lipinski definition) is 1. The Kier molecular flexibility index (Phi) is 3.84. The van der Waals surface area contributed by atoms with Crippen molar-refractivity contribution in [2.45, 2.75) is 26.7 Å². The predicted molar refractivity (Wildman–Crippen MR) is 89.6 cm³/mol. The minimum absolute atomic E-state index is 0.0688. The molecule has 4 nitrogen and oxygen atoms in total. The van der Waals surface area contributed by atoms with Gasteiger partial charge in [0.2, 0.25) is 0 Å². The van der Waals surface area contributed by atoms with Gasteiger partial charge >= 0.3 is 0 Å². The van der Waals surface area contributed by atoms with E-state index in [1.165, 1.54) is 6.07 Å². The Bertz CT molecular complexity index is 862. The van der Waals surface area contributed by atoms with Crippen molar-refractivity contribution in [3.63, 3.8) is 0 Å². The zero-order valence-corrected chi connectivity index (χ0v) is 13.6. The van der Waals surface area contributed by atoms with Gasteiger partial charge < -0.3 is 9.90 Å². The molecule has 0 spiro atoms. The highest BCUT2D eigenvalue weighted by Crippen LogP contribution is 2.34. The maximum absolute atomic E-state index is 12.7. The molecule has 0 fully saturated rings. The molecule has 2 aromatic carbocycles. The molecule has 4 heteroatoms. The summed E-state index contributed by atoms with van der Waals surface area (Å²) >= 11 is 0. The van der Waals surface area contributed by atoms with E-state index in [1.54, 1.807) is 24.3 Å². The molecule has 0 bridgehead atoms. The first-order chi connectivity index (χ1) is 11.3. The van der Waals surface area contributed by atoms with E-state index >= 15 is 0 Å². The van der Waals surface area contributed by atoms with Gasteiger partial charge in [-0.3, -0.25) is 9.59 Å². The summed E-state index contributed by atoms with van der Waals surface area (Å²) in [6.07, 6.45) is 1.93. The largest absolute Gasteiger partial charge is 0.507 e. The van der Waals surface area contributed by atoms with Gasteiger partial charge in [-0.25, -0.2) is 0 Å². The van der Waals surface area contributed by atoms with Crippen LogP contribution in [0, 0.1) is 5.41 Å². The van der Waals surface area contributed by atoms with Crippen LogP contribution in [-0.4, -0.2) is 23.0 Å². The molecule has 3 rings (SSSR count). The summed E-state index contributed by atoms with van der Waals surface area (Å²) in [4.78, 5) is 36.1. The third kappa shape index (κ3) is 2.64. The van der Waals surface area contributed by atoms with Crippen LogP contribution in [0.5, 0.6) is 5.75 Å². The van der Waals surface area contributed by atoms with Crippen LogP contribution in [0.4, 0.5) is 0 Å². The molecule has 0 saturated heterocycles. The first-order valence-corrected chi connectivity index (χ1v) is 7.82. The number of fused-ring (bicyclic) bond motifs is 2. The molecule has 0 amide bonds. The second-order valence-electron chi connectivity index (χ2n) is 6.95. The molecule has 122 valence electrons. The second-order valence-corrected chi connectivity index (χ2v) is 6.95. The lowest BCUT2D eigenvalue weighted by atomic mass is 9.79. The first kappa shape index (κ1) is 16.1. The number of benzene rings is 2. The molecule has 0 saturated carbocycles. The average molecular weight is 322 g/mol. The minimum Gasteiger partial charge on any atom is -0.507 e. The van der Waals surface area contributed by atoms with E-state index in [0.29, 0.717) is 24.0 Å². The Balaban J connectivity index is 2.06. The molecule has 1 aliphatic rings. The molecule has 1 aliphatic carbocycles. The van der Waals surface area contributed by atoms with E-state index in [-0.39, 0.29) is 33.9 Å². The van der Waals surface area contributed by atoms with Crippen molar-refractivity contribution in [3.05, 3.63) is 64.2 Å². The van der Waals surface area contributed by atoms with Crippen molar-refractivity contribution < 1.29 is 19.5 Å². The van der Waals surface area contributed by atoms with Crippen LogP contribution in [0.15, 0.2) is 36.4 Å². The summed E-state index contributed by atoms with van der Waals surface area (Å²) in [5, 5.41) is 9.98. The fourth-order valence-corrected chi connectivity index (χ4v) is 3.19. The average Bonchev–Trinajstić information content (AvgIpc) is 2.52. The monoisotopic (exact) mass is 322 g/mol. The fraction of sp³-hybridized carbons (Fsp3) is 0.250. The molecular formula is C20H18O4. The van der Waals surface area contributed by atoms with Gasteiger partial charge in [-0.1, -0.05) is 38.1 Å². The van der Waals surface area contributed by atoms with Crippen molar-refractivity contribution in [3.8, 4) is 5.75 Å². The summed E-state index contributed by atoms with van der Waals surface area (Å²) in [5.74, 6) is -0.773. The fourth-order valence-electron chi connectivity index (χ4n) is 3.19. The summed E-state index contributed by atoms with van der Waals surface area (Å²) in [7, 11) is 0. The Hall–Kier alpha value is -2.75. The number of hydrogen-bond acceptors (Lipinski definition) is 4. The van der Waals surface area contributed by atoms with Crippen LogP contribution in [-0.2, 0) is 11.2 Å². The molecule has 24 heavy (non-hydrogen) atoms. The van der Waals surface area contributed by atoms with Crippen LogP contribution >= 0.6 is 0 Å². The standard InChI is InChI=1S/C20H18O4/c1-20(2,8-9-21)11-12-6-7-13-15(10-12)19(24)17-14(18(13)23)4-3-5-16(17)22/h3-7,9-10,22H,8,11H2,1-2H3. The highest BCUT2D eigenvalue weighted by Gasteiger charge is 2.32. The van der Waals surface area contributed by atoms with Crippen molar-refractivity contribution >= 4 is 17.9 Å². The summed E-state index contributed by atoms with van der Waals surface area (Å²) in [6, 6.07) is 9.71. The first-order valence-electron chi connectivity index (χ1n) is 7.82. The van der Waals surface area contributed by atoms with Crippen molar-refractivity contribution in [1.82, 2.24) is 0 Å². The van der Waals surface area contributed by atoms with Gasteiger partial charge in [0.15, 0.2) is 11.6 Å². The third-order valence-corrected chi connectivity index (χ3v) is 4.41. The number of phenols is 1. The van der Waals surface area contributed by atoms with Crippen LogP contribution in [0.2, 0.25) is 0 Å². The molecular weight excluding hydrogens is 304 g/mol. The predicted octanol–water partition coefficient (Wildman–Crippen LogP) is 3.33. The number of aromatic hydroxyl groups is 1. The van der Waals surface area contributed by atoms with Gasteiger partial charge in [-0.2, -0.15) is 0 Å². The van der Waals surface area contributed by atoms with E-state index in [9.17, 15) is 19.5 Å². The van der Waals surface area contributed by atoms with Crippen LogP contribution in [0.3, 0.4) is 0 Å². The highest BCUT2D eigenvalue weighted by atomic mass is 16.3. The molecule has 0 aliphatic heterocycles. The topological polar surface area (TPSA) is 71.4 Å². The van der Waals surface area contributed by atoms with E-state index in [0.717, 1.165) is 11.8 Å². The Morgan fingerprint density at radius 2 is 1.75 bits per heavy atom.